The van der Waals surface area contributed by atoms with Gasteiger partial charge in [-0.2, -0.15) is 0 Å². The molecular formula is C29H26N2O4. The lowest BCUT2D eigenvalue weighted by Crippen LogP contribution is -2.31. The van der Waals surface area contributed by atoms with E-state index in [-0.39, 0.29) is 0 Å². The molecule has 5 rings (SSSR count). The topological polar surface area (TPSA) is 68.7 Å². The second-order valence-corrected chi connectivity index (χ2v) is 8.54. The number of benzene rings is 3. The molecule has 0 fully saturated rings. The predicted molar refractivity (Wildman–Crippen MR) is 133 cm³/mol. The van der Waals surface area contributed by atoms with Gasteiger partial charge in [-0.25, -0.2) is 4.98 Å². The maximum Gasteiger partial charge on any atom is 0.285 e. The fraction of sp³-hybridized carbons (Fsp3) is 0.207. The molecule has 1 aliphatic heterocycles. The van der Waals surface area contributed by atoms with Gasteiger partial charge in [0.15, 0.2) is 0 Å². The second-order valence-electron chi connectivity index (χ2n) is 8.54. The summed E-state index contributed by atoms with van der Waals surface area (Å²) in [7, 11) is 0. The molecule has 2 amide bonds. The number of carbonyl (C=O) groups is 2. The zero-order valence-corrected chi connectivity index (χ0v) is 19.5. The van der Waals surface area contributed by atoms with E-state index in [0.29, 0.717) is 29.9 Å². The van der Waals surface area contributed by atoms with Crippen molar-refractivity contribution in [2.45, 2.75) is 38.9 Å². The van der Waals surface area contributed by atoms with Gasteiger partial charge < -0.3 is 4.74 Å². The molecule has 3 aromatic carbocycles. The highest BCUT2D eigenvalue weighted by atomic mass is 16.7. The van der Waals surface area contributed by atoms with Crippen molar-refractivity contribution >= 4 is 22.7 Å². The number of para-hydroxylation sites is 1. The van der Waals surface area contributed by atoms with Crippen LogP contribution in [0.1, 0.15) is 64.3 Å². The smallest absolute Gasteiger partial charge is 0.285 e. The number of aromatic nitrogens is 1. The van der Waals surface area contributed by atoms with Gasteiger partial charge in [-0.1, -0.05) is 68.3 Å². The number of carbonyl (C=O) groups excluding carboxylic acids is 2. The van der Waals surface area contributed by atoms with Crippen LogP contribution in [0.15, 0.2) is 84.9 Å². The Morgan fingerprint density at radius 2 is 1.51 bits per heavy atom. The maximum atomic E-state index is 12.8. The van der Waals surface area contributed by atoms with Crippen LogP contribution in [0.3, 0.4) is 0 Å². The Labute approximate surface area is 204 Å². The van der Waals surface area contributed by atoms with E-state index in [1.165, 1.54) is 0 Å². The Kier molecular flexibility index (Phi) is 6.55. The molecule has 176 valence electrons. The van der Waals surface area contributed by atoms with Crippen molar-refractivity contribution < 1.29 is 19.2 Å². The first-order valence-corrected chi connectivity index (χ1v) is 11.9. The molecule has 1 aliphatic rings. The molecule has 4 aromatic rings. The highest BCUT2D eigenvalue weighted by Crippen LogP contribution is 2.31. The molecule has 2 heterocycles. The Hall–Kier alpha value is -4.03. The monoisotopic (exact) mass is 466 g/mol. The number of unbranched alkanes of at least 4 members (excludes halogenated alkanes) is 1. The van der Waals surface area contributed by atoms with Crippen LogP contribution >= 0.6 is 0 Å². The molecule has 0 aliphatic carbocycles. The summed E-state index contributed by atoms with van der Waals surface area (Å²) in [5, 5.41) is 2.00. The number of fused-ring (bicyclic) bond motifs is 2. The standard InChI is InChI=1S/C29H26N2O4/c1-2-3-12-27(35-31-28(32)24-9-5-6-10-25(24)29(31)33)21-14-17-23(18-15-21)34-19-22-16-13-20-8-4-7-11-26(20)30-22/h4-11,13-18,27H,2-3,12,19H2,1H3. The summed E-state index contributed by atoms with van der Waals surface area (Å²) in [5.41, 5.74) is 3.41. The van der Waals surface area contributed by atoms with Crippen molar-refractivity contribution in [3.05, 3.63) is 107 Å². The normalized spacial score (nSPS) is 13.8. The fourth-order valence-corrected chi connectivity index (χ4v) is 4.18. The van der Waals surface area contributed by atoms with Crippen LogP contribution in [0, 0.1) is 0 Å². The van der Waals surface area contributed by atoms with Gasteiger partial charge in [-0.3, -0.25) is 14.4 Å². The third kappa shape index (κ3) is 4.79. The SMILES string of the molecule is CCCCC(ON1C(=O)c2ccccc2C1=O)c1ccc(OCc2ccc3ccccc3n2)cc1. The van der Waals surface area contributed by atoms with Crippen molar-refractivity contribution in [2.24, 2.45) is 0 Å². The molecular weight excluding hydrogens is 440 g/mol. The van der Waals surface area contributed by atoms with Gasteiger partial charge in [0.2, 0.25) is 0 Å². The van der Waals surface area contributed by atoms with Crippen LogP contribution in [0.25, 0.3) is 10.9 Å². The van der Waals surface area contributed by atoms with Gasteiger partial charge in [0, 0.05) is 5.39 Å². The minimum atomic E-state index is -0.423. The summed E-state index contributed by atoms with van der Waals surface area (Å²) in [6.07, 6.45) is 2.14. The number of amides is 2. The Bertz CT molecular complexity index is 1330. The van der Waals surface area contributed by atoms with Gasteiger partial charge in [0.1, 0.15) is 18.5 Å². The van der Waals surface area contributed by atoms with Crippen molar-refractivity contribution in [3.8, 4) is 5.75 Å². The van der Waals surface area contributed by atoms with E-state index in [1.54, 1.807) is 24.3 Å². The largest absolute Gasteiger partial charge is 0.487 e. The second kappa shape index (κ2) is 10.1. The lowest BCUT2D eigenvalue weighted by Gasteiger charge is -2.23. The van der Waals surface area contributed by atoms with Gasteiger partial charge in [-0.05, 0) is 48.4 Å². The lowest BCUT2D eigenvalue weighted by atomic mass is 10.0. The molecule has 0 radical (unpaired) electrons. The van der Waals surface area contributed by atoms with Crippen molar-refractivity contribution in [3.63, 3.8) is 0 Å². The number of pyridine rings is 1. The van der Waals surface area contributed by atoms with Gasteiger partial charge in [0.05, 0.1) is 22.3 Å². The first-order valence-electron chi connectivity index (χ1n) is 11.9. The summed E-state index contributed by atoms with van der Waals surface area (Å²) in [6.45, 7) is 2.45. The van der Waals surface area contributed by atoms with Crippen LogP contribution in [-0.2, 0) is 11.4 Å². The number of imide groups is 1. The van der Waals surface area contributed by atoms with Gasteiger partial charge in [0.25, 0.3) is 11.8 Å². The molecule has 1 atom stereocenters. The van der Waals surface area contributed by atoms with E-state index in [2.05, 4.69) is 11.9 Å². The third-order valence-corrected chi connectivity index (χ3v) is 6.10. The van der Waals surface area contributed by atoms with E-state index < -0.39 is 17.9 Å². The minimum absolute atomic E-state index is 0.356. The highest BCUT2D eigenvalue weighted by molar-refractivity contribution is 6.20. The number of hydrogen-bond acceptors (Lipinski definition) is 5. The van der Waals surface area contributed by atoms with E-state index in [0.717, 1.165) is 40.1 Å². The number of ether oxygens (including phenoxy) is 1. The minimum Gasteiger partial charge on any atom is -0.487 e. The van der Waals surface area contributed by atoms with E-state index in [1.807, 2.05) is 60.7 Å². The summed E-state index contributed by atoms with van der Waals surface area (Å²) in [4.78, 5) is 36.2. The summed E-state index contributed by atoms with van der Waals surface area (Å²) < 4.78 is 5.94. The Morgan fingerprint density at radius 1 is 0.829 bits per heavy atom. The molecule has 0 bridgehead atoms. The average molecular weight is 467 g/mol. The average Bonchev–Trinajstić information content (AvgIpc) is 3.15. The van der Waals surface area contributed by atoms with Crippen molar-refractivity contribution in [1.29, 1.82) is 0 Å². The molecule has 35 heavy (non-hydrogen) atoms. The lowest BCUT2D eigenvalue weighted by molar-refractivity contribution is -0.137. The van der Waals surface area contributed by atoms with E-state index in [9.17, 15) is 9.59 Å². The molecule has 0 saturated heterocycles. The maximum absolute atomic E-state index is 12.8. The van der Waals surface area contributed by atoms with Crippen molar-refractivity contribution in [2.75, 3.05) is 0 Å². The molecule has 6 heteroatoms. The van der Waals surface area contributed by atoms with Gasteiger partial charge >= 0.3 is 0 Å². The van der Waals surface area contributed by atoms with E-state index in [4.69, 9.17) is 9.57 Å². The predicted octanol–water partition coefficient (Wildman–Crippen LogP) is 6.27. The summed E-state index contributed by atoms with van der Waals surface area (Å²) in [6, 6.07) is 26.4. The molecule has 1 unspecified atom stereocenters. The summed E-state index contributed by atoms with van der Waals surface area (Å²) >= 11 is 0. The zero-order chi connectivity index (χ0) is 24.2. The van der Waals surface area contributed by atoms with Crippen LogP contribution in [-0.4, -0.2) is 21.9 Å². The molecule has 1 aromatic heterocycles. The van der Waals surface area contributed by atoms with Gasteiger partial charge in [-0.15, -0.1) is 5.06 Å². The molecule has 0 N–H and O–H groups in total. The Balaban J connectivity index is 1.28. The molecule has 6 nitrogen and oxygen atoms in total. The first-order chi connectivity index (χ1) is 17.1. The number of hydrogen-bond donors (Lipinski definition) is 0. The van der Waals surface area contributed by atoms with E-state index >= 15 is 0 Å². The number of rotatable bonds is 9. The third-order valence-electron chi connectivity index (χ3n) is 6.10. The van der Waals surface area contributed by atoms with Crippen LogP contribution < -0.4 is 4.74 Å². The molecule has 0 saturated carbocycles. The molecule has 0 spiro atoms. The van der Waals surface area contributed by atoms with Crippen LogP contribution in [0.2, 0.25) is 0 Å². The van der Waals surface area contributed by atoms with Crippen LogP contribution in [0.4, 0.5) is 0 Å². The number of hydroxylamine groups is 2. The summed E-state index contributed by atoms with van der Waals surface area (Å²) in [5.74, 6) is -0.136. The zero-order valence-electron chi connectivity index (χ0n) is 19.5. The fourth-order valence-electron chi connectivity index (χ4n) is 4.18. The van der Waals surface area contributed by atoms with Crippen molar-refractivity contribution in [1.82, 2.24) is 10.0 Å². The first kappa shape index (κ1) is 22.7. The van der Waals surface area contributed by atoms with Crippen LogP contribution in [0.5, 0.6) is 5.75 Å². The Morgan fingerprint density at radius 3 is 2.23 bits per heavy atom. The highest BCUT2D eigenvalue weighted by Gasteiger charge is 2.38. The quantitative estimate of drug-likeness (QED) is 0.272. The number of nitrogens with zero attached hydrogens (tertiary/aromatic N) is 2.